The molecule has 1 N–H and O–H groups in total. The van der Waals surface area contributed by atoms with Crippen LogP contribution in [0.1, 0.15) is 39.9 Å². The number of benzene rings is 2. The first kappa shape index (κ1) is 13.4. The molecule has 0 spiro atoms. The smallest absolute Gasteiger partial charge is 0.310 e. The number of rotatable bonds is 2. The third kappa shape index (κ3) is 2.29. The number of hydrogen-bond acceptors (Lipinski definition) is 3. The Labute approximate surface area is 122 Å². The zero-order chi connectivity index (χ0) is 15.0. The summed E-state index contributed by atoms with van der Waals surface area (Å²) in [6.07, 6.45) is 0. The summed E-state index contributed by atoms with van der Waals surface area (Å²) in [6.45, 7) is 1.93. The molecule has 1 heterocycles. The van der Waals surface area contributed by atoms with Crippen LogP contribution in [0.25, 0.3) is 0 Å². The summed E-state index contributed by atoms with van der Waals surface area (Å²) >= 11 is 0. The highest BCUT2D eigenvalue weighted by molar-refractivity contribution is 6.12. The van der Waals surface area contributed by atoms with Crippen LogP contribution in [-0.4, -0.2) is 16.9 Å². The number of carbonyl (C=O) groups is 2. The van der Waals surface area contributed by atoms with Gasteiger partial charge in [-0.2, -0.15) is 0 Å². The maximum absolute atomic E-state index is 12.6. The molecule has 0 fully saturated rings. The van der Waals surface area contributed by atoms with Gasteiger partial charge in [0, 0.05) is 11.1 Å². The number of aliphatic carboxylic acids is 1. The van der Waals surface area contributed by atoms with Crippen LogP contribution in [0.4, 0.5) is 0 Å². The second-order valence-corrected chi connectivity index (χ2v) is 5.09. The Morgan fingerprint density at radius 3 is 2.71 bits per heavy atom. The molecule has 1 aliphatic rings. The Morgan fingerprint density at radius 1 is 1.19 bits per heavy atom. The molecule has 0 unspecified atom stereocenters. The van der Waals surface area contributed by atoms with Crippen molar-refractivity contribution in [1.29, 1.82) is 0 Å². The molecule has 0 saturated heterocycles. The van der Waals surface area contributed by atoms with Gasteiger partial charge in [0.05, 0.1) is 11.5 Å². The van der Waals surface area contributed by atoms with Crippen molar-refractivity contribution in [2.24, 2.45) is 0 Å². The molecule has 2 aromatic carbocycles. The minimum absolute atomic E-state index is 0.127. The van der Waals surface area contributed by atoms with Crippen LogP contribution in [-0.2, 0) is 11.4 Å². The lowest BCUT2D eigenvalue weighted by Gasteiger charge is -2.11. The fourth-order valence-electron chi connectivity index (χ4n) is 2.43. The van der Waals surface area contributed by atoms with Crippen molar-refractivity contribution in [2.75, 3.05) is 0 Å². The van der Waals surface area contributed by atoms with Gasteiger partial charge < -0.3 is 9.84 Å². The van der Waals surface area contributed by atoms with E-state index < -0.39 is 11.9 Å². The molecule has 0 saturated carbocycles. The lowest BCUT2D eigenvalue weighted by atomic mass is 9.94. The van der Waals surface area contributed by atoms with E-state index in [-0.39, 0.29) is 5.78 Å². The van der Waals surface area contributed by atoms with E-state index in [0.717, 1.165) is 5.56 Å². The Bertz CT molecular complexity index is 733. The summed E-state index contributed by atoms with van der Waals surface area (Å²) in [6, 6.07) is 12.3. The highest BCUT2D eigenvalue weighted by Gasteiger charge is 2.24. The number of hydrogen-bond donors (Lipinski definition) is 1. The predicted molar refractivity (Wildman–Crippen MR) is 76.7 cm³/mol. The minimum atomic E-state index is -0.919. The van der Waals surface area contributed by atoms with Crippen molar-refractivity contribution in [3.05, 3.63) is 64.7 Å². The standard InChI is InChI=1S/C17H14O4/c1-10(17(19)20)11-6-7-15-14(8-11)16(18)13-5-3-2-4-12(13)9-21-15/h2-8,10H,9H2,1H3,(H,19,20)/t10-/m1/s1. The normalized spacial score (nSPS) is 14.4. The zero-order valence-electron chi connectivity index (χ0n) is 11.5. The first-order valence-corrected chi connectivity index (χ1v) is 6.70. The number of carboxylic acids is 1. The fourth-order valence-corrected chi connectivity index (χ4v) is 2.43. The van der Waals surface area contributed by atoms with Crippen LogP contribution in [0.15, 0.2) is 42.5 Å². The maximum atomic E-state index is 12.6. The van der Waals surface area contributed by atoms with Crippen molar-refractivity contribution in [1.82, 2.24) is 0 Å². The van der Waals surface area contributed by atoms with Gasteiger partial charge in [-0.05, 0) is 24.6 Å². The first-order valence-electron chi connectivity index (χ1n) is 6.70. The second-order valence-electron chi connectivity index (χ2n) is 5.09. The molecule has 2 aromatic rings. The van der Waals surface area contributed by atoms with Gasteiger partial charge in [0.15, 0.2) is 5.78 Å². The molecule has 0 amide bonds. The first-order chi connectivity index (χ1) is 10.1. The molecule has 21 heavy (non-hydrogen) atoms. The van der Waals surface area contributed by atoms with Crippen LogP contribution in [0.2, 0.25) is 0 Å². The van der Waals surface area contributed by atoms with Crippen LogP contribution in [0, 0.1) is 0 Å². The molecule has 1 aliphatic heterocycles. The SMILES string of the molecule is C[C@@H](C(=O)O)c1ccc2c(c1)C(=O)c1ccccc1CO2. The summed E-state index contributed by atoms with van der Waals surface area (Å²) in [5.74, 6) is -1.21. The molecule has 0 bridgehead atoms. The highest BCUT2D eigenvalue weighted by Crippen LogP contribution is 2.31. The van der Waals surface area contributed by atoms with E-state index in [0.29, 0.717) is 29.0 Å². The number of carboxylic acid groups (broad SMARTS) is 1. The number of ether oxygens (including phenoxy) is 1. The Morgan fingerprint density at radius 2 is 1.95 bits per heavy atom. The van der Waals surface area contributed by atoms with Crippen molar-refractivity contribution >= 4 is 11.8 Å². The lowest BCUT2D eigenvalue weighted by Crippen LogP contribution is -2.09. The van der Waals surface area contributed by atoms with Gasteiger partial charge in [0.25, 0.3) is 0 Å². The van der Waals surface area contributed by atoms with Crippen molar-refractivity contribution in [3.8, 4) is 5.75 Å². The van der Waals surface area contributed by atoms with E-state index in [1.165, 1.54) is 0 Å². The molecule has 106 valence electrons. The van der Waals surface area contributed by atoms with Crippen LogP contribution < -0.4 is 4.74 Å². The molecule has 1 atom stereocenters. The van der Waals surface area contributed by atoms with E-state index in [9.17, 15) is 9.59 Å². The second kappa shape index (κ2) is 5.05. The summed E-state index contributed by atoms with van der Waals surface area (Å²) in [5, 5.41) is 9.10. The van der Waals surface area contributed by atoms with Gasteiger partial charge >= 0.3 is 5.97 Å². The Hall–Kier alpha value is -2.62. The van der Waals surface area contributed by atoms with Gasteiger partial charge in [-0.3, -0.25) is 9.59 Å². The van der Waals surface area contributed by atoms with E-state index in [1.807, 2.05) is 18.2 Å². The van der Waals surface area contributed by atoms with E-state index in [4.69, 9.17) is 9.84 Å². The van der Waals surface area contributed by atoms with Crippen molar-refractivity contribution in [3.63, 3.8) is 0 Å². The van der Waals surface area contributed by atoms with Gasteiger partial charge in [0.1, 0.15) is 12.4 Å². The third-order valence-corrected chi connectivity index (χ3v) is 3.76. The monoisotopic (exact) mass is 282 g/mol. The van der Waals surface area contributed by atoms with Crippen molar-refractivity contribution in [2.45, 2.75) is 19.4 Å². The Kier molecular flexibility index (Phi) is 3.22. The van der Waals surface area contributed by atoms with Gasteiger partial charge in [-0.25, -0.2) is 0 Å². The summed E-state index contributed by atoms with van der Waals surface area (Å²) in [7, 11) is 0. The predicted octanol–water partition coefficient (Wildman–Crippen LogP) is 3.00. The van der Waals surface area contributed by atoms with Gasteiger partial charge in [-0.1, -0.05) is 30.3 Å². The fraction of sp³-hybridized carbons (Fsp3) is 0.176. The average molecular weight is 282 g/mol. The quantitative estimate of drug-likeness (QED) is 0.919. The molecule has 3 rings (SSSR count). The number of fused-ring (bicyclic) bond motifs is 2. The molecule has 0 aliphatic carbocycles. The highest BCUT2D eigenvalue weighted by atomic mass is 16.5. The molecule has 4 nitrogen and oxygen atoms in total. The summed E-state index contributed by atoms with van der Waals surface area (Å²) < 4.78 is 5.67. The largest absolute Gasteiger partial charge is 0.488 e. The van der Waals surface area contributed by atoms with Gasteiger partial charge in [0.2, 0.25) is 0 Å². The van der Waals surface area contributed by atoms with E-state index >= 15 is 0 Å². The zero-order valence-corrected chi connectivity index (χ0v) is 11.5. The molecule has 0 radical (unpaired) electrons. The number of carbonyl (C=O) groups excluding carboxylic acids is 1. The van der Waals surface area contributed by atoms with Crippen LogP contribution in [0.5, 0.6) is 5.75 Å². The topological polar surface area (TPSA) is 63.6 Å². The third-order valence-electron chi connectivity index (χ3n) is 3.76. The molecule has 0 aromatic heterocycles. The number of ketones is 1. The van der Waals surface area contributed by atoms with Crippen LogP contribution in [0.3, 0.4) is 0 Å². The van der Waals surface area contributed by atoms with Crippen molar-refractivity contribution < 1.29 is 19.4 Å². The molecular formula is C17H14O4. The van der Waals surface area contributed by atoms with E-state index in [1.54, 1.807) is 31.2 Å². The molecule has 4 heteroatoms. The maximum Gasteiger partial charge on any atom is 0.310 e. The summed E-state index contributed by atoms with van der Waals surface area (Å²) in [4.78, 5) is 23.7. The summed E-state index contributed by atoms with van der Waals surface area (Å²) in [5.41, 5.74) is 2.46. The van der Waals surface area contributed by atoms with Gasteiger partial charge in [-0.15, -0.1) is 0 Å². The Balaban J connectivity index is 2.11. The molecular weight excluding hydrogens is 268 g/mol. The van der Waals surface area contributed by atoms with E-state index in [2.05, 4.69) is 0 Å². The minimum Gasteiger partial charge on any atom is -0.488 e. The average Bonchev–Trinajstić information content (AvgIpc) is 2.64. The van der Waals surface area contributed by atoms with Crippen LogP contribution >= 0.6 is 0 Å². The lowest BCUT2D eigenvalue weighted by molar-refractivity contribution is -0.138.